The monoisotopic (exact) mass is 295 g/mol. The van der Waals surface area contributed by atoms with Gasteiger partial charge in [0.05, 0.1) is 10.6 Å². The second-order valence-electron chi connectivity index (χ2n) is 6.01. The molecule has 1 unspecified atom stereocenters. The van der Waals surface area contributed by atoms with E-state index < -0.39 is 9.84 Å². The number of fused-ring (bicyclic) bond motifs is 1. The number of hydrogen-bond donors (Lipinski definition) is 0. The van der Waals surface area contributed by atoms with Crippen LogP contribution in [-0.2, 0) is 16.3 Å². The Bertz CT molecular complexity index is 564. The Morgan fingerprint density at radius 2 is 2.05 bits per heavy atom. The average Bonchev–Trinajstić information content (AvgIpc) is 2.52. The van der Waals surface area contributed by atoms with E-state index in [1.54, 1.807) is 6.07 Å². The van der Waals surface area contributed by atoms with Gasteiger partial charge >= 0.3 is 0 Å². The van der Waals surface area contributed by atoms with E-state index in [0.717, 1.165) is 43.4 Å². The largest absolute Gasteiger partial charge is 0.378 e. The van der Waals surface area contributed by atoms with Crippen LogP contribution in [0.2, 0.25) is 0 Å². The van der Waals surface area contributed by atoms with Crippen LogP contribution in [0.15, 0.2) is 23.1 Å². The van der Waals surface area contributed by atoms with E-state index in [4.69, 9.17) is 0 Å². The highest BCUT2D eigenvalue weighted by molar-refractivity contribution is 7.91. The molecule has 3 nitrogen and oxygen atoms in total. The van der Waals surface area contributed by atoms with Crippen molar-refractivity contribution >= 4 is 15.5 Å². The van der Waals surface area contributed by atoms with Crippen LogP contribution in [-0.4, -0.2) is 28.3 Å². The zero-order valence-electron chi connectivity index (χ0n) is 12.7. The first-order valence-electron chi connectivity index (χ1n) is 7.47. The summed E-state index contributed by atoms with van der Waals surface area (Å²) in [6, 6.07) is 5.74. The van der Waals surface area contributed by atoms with Crippen molar-refractivity contribution in [1.29, 1.82) is 0 Å². The summed E-state index contributed by atoms with van der Waals surface area (Å²) in [5.41, 5.74) is 2.07. The lowest BCUT2D eigenvalue weighted by Gasteiger charge is -2.15. The molecular formula is C16H25NO2S. The van der Waals surface area contributed by atoms with Gasteiger partial charge in [0.1, 0.15) is 0 Å². The molecule has 0 aromatic heterocycles. The Balaban J connectivity index is 2.31. The number of benzene rings is 1. The minimum absolute atomic E-state index is 0.315. The van der Waals surface area contributed by atoms with Gasteiger partial charge in [0.2, 0.25) is 0 Å². The number of anilines is 1. The van der Waals surface area contributed by atoms with E-state index in [2.05, 4.69) is 6.92 Å². The maximum atomic E-state index is 12.5. The van der Waals surface area contributed by atoms with Crippen molar-refractivity contribution in [2.45, 2.75) is 43.9 Å². The summed E-state index contributed by atoms with van der Waals surface area (Å²) in [6.45, 7) is 2.16. The van der Waals surface area contributed by atoms with Crippen LogP contribution in [0.5, 0.6) is 0 Å². The maximum absolute atomic E-state index is 12.5. The zero-order valence-corrected chi connectivity index (χ0v) is 13.5. The molecule has 0 bridgehead atoms. The van der Waals surface area contributed by atoms with Crippen LogP contribution < -0.4 is 4.90 Å². The van der Waals surface area contributed by atoms with E-state index in [1.807, 2.05) is 31.1 Å². The van der Waals surface area contributed by atoms with E-state index in [-0.39, 0.29) is 0 Å². The lowest BCUT2D eigenvalue weighted by molar-refractivity contribution is 0.472. The van der Waals surface area contributed by atoms with Crippen molar-refractivity contribution in [3.8, 4) is 0 Å². The lowest BCUT2D eigenvalue weighted by atomic mass is 9.96. The Morgan fingerprint density at radius 1 is 1.30 bits per heavy atom. The fraction of sp³-hybridized carbons (Fsp3) is 0.625. The smallest absolute Gasteiger partial charge is 0.178 e. The molecule has 0 spiro atoms. The minimum atomic E-state index is -3.12. The van der Waals surface area contributed by atoms with Gasteiger partial charge in [-0.3, -0.25) is 0 Å². The third-order valence-corrected chi connectivity index (χ3v) is 6.12. The molecule has 20 heavy (non-hydrogen) atoms. The summed E-state index contributed by atoms with van der Waals surface area (Å²) in [5.74, 6) is 0.636. The second kappa shape index (κ2) is 6.17. The Morgan fingerprint density at radius 3 is 2.70 bits per heavy atom. The van der Waals surface area contributed by atoms with Gasteiger partial charge in [0, 0.05) is 19.8 Å². The molecule has 0 saturated carbocycles. The Kier molecular flexibility index (Phi) is 4.74. The summed E-state index contributed by atoms with van der Waals surface area (Å²) in [5, 5.41) is 0. The van der Waals surface area contributed by atoms with Crippen LogP contribution in [0.4, 0.5) is 5.69 Å². The predicted octanol–water partition coefficient (Wildman–Crippen LogP) is 3.28. The van der Waals surface area contributed by atoms with Crippen molar-refractivity contribution in [3.05, 3.63) is 23.8 Å². The molecule has 1 aromatic carbocycles. The van der Waals surface area contributed by atoms with Gasteiger partial charge in [0.25, 0.3) is 0 Å². The van der Waals surface area contributed by atoms with Gasteiger partial charge in [-0.15, -0.1) is 0 Å². The molecule has 4 heteroatoms. The molecule has 0 amide bonds. The Hall–Kier alpha value is -1.03. The summed E-state index contributed by atoms with van der Waals surface area (Å²) in [7, 11) is 0.847. The third-order valence-electron chi connectivity index (χ3n) is 4.14. The van der Waals surface area contributed by atoms with Crippen LogP contribution in [0.1, 0.15) is 38.2 Å². The first-order chi connectivity index (χ1) is 9.44. The zero-order chi connectivity index (χ0) is 14.8. The van der Waals surface area contributed by atoms with Crippen LogP contribution in [0, 0.1) is 5.92 Å². The normalized spacial score (nSPS) is 21.1. The fourth-order valence-electron chi connectivity index (χ4n) is 2.91. The summed E-state index contributed by atoms with van der Waals surface area (Å²) < 4.78 is 25.1. The van der Waals surface area contributed by atoms with E-state index >= 15 is 0 Å². The minimum Gasteiger partial charge on any atom is -0.378 e. The van der Waals surface area contributed by atoms with Gasteiger partial charge in [-0.1, -0.05) is 19.8 Å². The van der Waals surface area contributed by atoms with E-state index in [1.165, 1.54) is 0 Å². The SMILES string of the molecule is CCCCC1CCc2cc(N(C)C)ccc2S(=O)(=O)C1. The van der Waals surface area contributed by atoms with Crippen molar-refractivity contribution in [2.75, 3.05) is 24.7 Å². The first-order valence-corrected chi connectivity index (χ1v) is 9.12. The number of aryl methyl sites for hydroxylation is 1. The molecular weight excluding hydrogens is 270 g/mol. The number of hydrogen-bond acceptors (Lipinski definition) is 3. The molecule has 112 valence electrons. The van der Waals surface area contributed by atoms with Gasteiger partial charge in [0.15, 0.2) is 9.84 Å². The van der Waals surface area contributed by atoms with Gasteiger partial charge in [-0.2, -0.15) is 0 Å². The molecule has 2 rings (SSSR count). The summed E-state index contributed by atoms with van der Waals surface area (Å²) in [6.07, 6.45) is 5.16. The highest BCUT2D eigenvalue weighted by atomic mass is 32.2. The summed E-state index contributed by atoms with van der Waals surface area (Å²) in [4.78, 5) is 2.58. The summed E-state index contributed by atoms with van der Waals surface area (Å²) >= 11 is 0. The Labute approximate surface area is 122 Å². The van der Waals surface area contributed by atoms with Crippen molar-refractivity contribution in [2.24, 2.45) is 5.92 Å². The number of rotatable bonds is 4. The molecule has 1 aliphatic rings. The molecule has 1 heterocycles. The second-order valence-corrected chi connectivity index (χ2v) is 8.02. The third kappa shape index (κ3) is 3.35. The maximum Gasteiger partial charge on any atom is 0.178 e. The number of nitrogens with zero attached hydrogens (tertiary/aromatic N) is 1. The van der Waals surface area contributed by atoms with Gasteiger partial charge in [-0.05, 0) is 48.9 Å². The molecule has 0 saturated heterocycles. The lowest BCUT2D eigenvalue weighted by Crippen LogP contribution is -2.15. The van der Waals surface area contributed by atoms with E-state index in [0.29, 0.717) is 16.6 Å². The molecule has 0 N–H and O–H groups in total. The van der Waals surface area contributed by atoms with Crippen LogP contribution in [0.25, 0.3) is 0 Å². The van der Waals surface area contributed by atoms with Crippen LogP contribution >= 0.6 is 0 Å². The highest BCUT2D eigenvalue weighted by Crippen LogP contribution is 2.31. The first kappa shape index (κ1) is 15.4. The van der Waals surface area contributed by atoms with Crippen LogP contribution in [0.3, 0.4) is 0 Å². The molecule has 0 aliphatic carbocycles. The van der Waals surface area contributed by atoms with Crippen molar-refractivity contribution < 1.29 is 8.42 Å². The molecule has 1 atom stereocenters. The topological polar surface area (TPSA) is 37.4 Å². The fourth-order valence-corrected chi connectivity index (χ4v) is 4.88. The standard InChI is InChI=1S/C16H25NO2S/c1-4-5-6-13-7-8-14-11-15(17(2)3)9-10-16(14)20(18,19)12-13/h9-11,13H,4-8,12H2,1-3H3. The number of unbranched alkanes of at least 4 members (excludes halogenated alkanes) is 1. The molecule has 0 fully saturated rings. The predicted molar refractivity (Wildman–Crippen MR) is 84.2 cm³/mol. The van der Waals surface area contributed by atoms with Gasteiger partial charge in [-0.25, -0.2) is 8.42 Å². The quantitative estimate of drug-likeness (QED) is 0.855. The van der Waals surface area contributed by atoms with Gasteiger partial charge < -0.3 is 4.90 Å². The average molecular weight is 295 g/mol. The molecule has 1 aliphatic heterocycles. The van der Waals surface area contributed by atoms with Crippen molar-refractivity contribution in [1.82, 2.24) is 0 Å². The molecule has 0 radical (unpaired) electrons. The number of sulfone groups is 1. The van der Waals surface area contributed by atoms with Crippen molar-refractivity contribution in [3.63, 3.8) is 0 Å². The highest BCUT2D eigenvalue weighted by Gasteiger charge is 2.27. The molecule has 1 aromatic rings. The van der Waals surface area contributed by atoms with E-state index in [9.17, 15) is 8.42 Å².